The van der Waals surface area contributed by atoms with Crippen LogP contribution in [0.2, 0.25) is 0 Å². The molecule has 1 saturated carbocycles. The second kappa shape index (κ2) is 9.08. The van der Waals surface area contributed by atoms with Gasteiger partial charge in [0, 0.05) is 19.6 Å². The van der Waals surface area contributed by atoms with Crippen LogP contribution in [0.25, 0.3) is 0 Å². The van der Waals surface area contributed by atoms with Gasteiger partial charge in [-0.2, -0.15) is 12.7 Å². The Kier molecular flexibility index (Phi) is 7.43. The van der Waals surface area contributed by atoms with Crippen molar-refractivity contribution in [2.24, 2.45) is 5.92 Å². The van der Waals surface area contributed by atoms with E-state index in [2.05, 4.69) is 10.0 Å². The van der Waals surface area contributed by atoms with Gasteiger partial charge in [0.1, 0.15) is 0 Å². The molecule has 0 amide bonds. The molecule has 0 atom stereocenters. The van der Waals surface area contributed by atoms with E-state index in [1.54, 1.807) is 4.31 Å². The van der Waals surface area contributed by atoms with Crippen molar-refractivity contribution in [3.05, 3.63) is 0 Å². The summed E-state index contributed by atoms with van der Waals surface area (Å²) < 4.78 is 28.4. The van der Waals surface area contributed by atoms with Crippen LogP contribution in [0.3, 0.4) is 0 Å². The lowest BCUT2D eigenvalue weighted by Crippen LogP contribution is -2.44. The number of hydrogen-bond acceptors (Lipinski definition) is 3. The van der Waals surface area contributed by atoms with Gasteiger partial charge in [-0.3, -0.25) is 0 Å². The lowest BCUT2D eigenvalue weighted by molar-refractivity contribution is 0.338. The molecule has 2 fully saturated rings. The van der Waals surface area contributed by atoms with E-state index in [0.717, 1.165) is 44.7 Å². The van der Waals surface area contributed by atoms with Crippen LogP contribution in [0, 0.1) is 5.92 Å². The minimum Gasteiger partial charge on any atom is -0.316 e. The Bertz CT molecular complexity index is 374. The number of nitrogens with one attached hydrogen (secondary N) is 2. The van der Waals surface area contributed by atoms with Crippen LogP contribution in [-0.2, 0) is 10.2 Å². The standard InChI is InChI=1S/C15H31N3O2S/c19-21(20,18-12-5-2-6-13-18)17-11-7-10-16-14-15-8-3-1-4-9-15/h15-17H,1-14H2. The lowest BCUT2D eigenvalue weighted by Gasteiger charge is -2.26. The van der Waals surface area contributed by atoms with E-state index in [9.17, 15) is 8.42 Å². The van der Waals surface area contributed by atoms with E-state index in [4.69, 9.17) is 0 Å². The topological polar surface area (TPSA) is 61.4 Å². The van der Waals surface area contributed by atoms with Gasteiger partial charge in [0.2, 0.25) is 0 Å². The largest absolute Gasteiger partial charge is 0.316 e. The molecular weight excluding hydrogens is 286 g/mol. The highest BCUT2D eigenvalue weighted by Gasteiger charge is 2.22. The van der Waals surface area contributed by atoms with E-state index in [-0.39, 0.29) is 0 Å². The lowest BCUT2D eigenvalue weighted by atomic mass is 9.89. The molecule has 0 aromatic carbocycles. The third-order valence-electron chi connectivity index (χ3n) is 4.63. The van der Waals surface area contributed by atoms with Gasteiger partial charge in [0.05, 0.1) is 0 Å². The molecule has 0 spiro atoms. The summed E-state index contributed by atoms with van der Waals surface area (Å²) in [6.07, 6.45) is 10.9. The zero-order valence-corrected chi connectivity index (χ0v) is 14.0. The molecule has 2 N–H and O–H groups in total. The van der Waals surface area contributed by atoms with Gasteiger partial charge in [0.25, 0.3) is 10.2 Å². The van der Waals surface area contributed by atoms with E-state index < -0.39 is 10.2 Å². The minimum absolute atomic E-state index is 0.538. The Hall–Kier alpha value is -0.170. The molecule has 0 unspecified atom stereocenters. The molecule has 6 heteroatoms. The first-order chi connectivity index (χ1) is 10.2. The van der Waals surface area contributed by atoms with Gasteiger partial charge in [-0.15, -0.1) is 0 Å². The Labute approximate surface area is 130 Å². The molecule has 0 aromatic rings. The Morgan fingerprint density at radius 3 is 2.29 bits per heavy atom. The summed E-state index contributed by atoms with van der Waals surface area (Å²) in [5, 5.41) is 3.47. The normalized spacial score (nSPS) is 22.5. The van der Waals surface area contributed by atoms with Gasteiger partial charge in [-0.25, -0.2) is 4.72 Å². The highest BCUT2D eigenvalue weighted by Crippen LogP contribution is 2.22. The fraction of sp³-hybridized carbons (Fsp3) is 1.00. The maximum absolute atomic E-state index is 12.1. The predicted molar refractivity (Wildman–Crippen MR) is 86.4 cm³/mol. The van der Waals surface area contributed by atoms with Crippen molar-refractivity contribution < 1.29 is 8.42 Å². The second-order valence-corrected chi connectivity index (χ2v) is 8.18. The molecule has 1 saturated heterocycles. The van der Waals surface area contributed by atoms with Gasteiger partial charge in [-0.05, 0) is 51.1 Å². The molecule has 0 aromatic heterocycles. The molecule has 2 aliphatic rings. The number of rotatable bonds is 8. The SMILES string of the molecule is O=S(=O)(NCCCNCC1CCCCC1)N1CCCCC1. The molecular formula is C15H31N3O2S. The first kappa shape index (κ1) is 17.2. The second-order valence-electron chi connectivity index (χ2n) is 6.42. The van der Waals surface area contributed by atoms with E-state index in [1.807, 2.05) is 0 Å². The summed E-state index contributed by atoms with van der Waals surface area (Å²) in [6, 6.07) is 0. The summed E-state index contributed by atoms with van der Waals surface area (Å²) in [5.41, 5.74) is 0. The van der Waals surface area contributed by atoms with Crippen molar-refractivity contribution in [1.29, 1.82) is 0 Å². The fourth-order valence-corrected chi connectivity index (χ4v) is 4.63. The Morgan fingerprint density at radius 1 is 0.905 bits per heavy atom. The molecule has 5 nitrogen and oxygen atoms in total. The highest BCUT2D eigenvalue weighted by molar-refractivity contribution is 7.87. The first-order valence-corrected chi connectivity index (χ1v) is 10.1. The highest BCUT2D eigenvalue weighted by atomic mass is 32.2. The molecule has 1 heterocycles. The zero-order valence-electron chi connectivity index (χ0n) is 13.1. The minimum atomic E-state index is -3.24. The first-order valence-electron chi connectivity index (χ1n) is 8.64. The molecule has 1 aliphatic heterocycles. The van der Waals surface area contributed by atoms with Crippen molar-refractivity contribution in [2.45, 2.75) is 57.8 Å². The van der Waals surface area contributed by atoms with E-state index in [1.165, 1.54) is 32.1 Å². The third-order valence-corrected chi connectivity index (χ3v) is 6.24. The summed E-state index contributed by atoms with van der Waals surface area (Å²) in [4.78, 5) is 0. The van der Waals surface area contributed by atoms with E-state index in [0.29, 0.717) is 19.6 Å². The smallest absolute Gasteiger partial charge is 0.279 e. The Morgan fingerprint density at radius 2 is 1.57 bits per heavy atom. The predicted octanol–water partition coefficient (Wildman–Crippen LogP) is 1.87. The van der Waals surface area contributed by atoms with Crippen molar-refractivity contribution in [3.63, 3.8) is 0 Å². The average molecular weight is 317 g/mol. The summed E-state index contributed by atoms with van der Waals surface area (Å²) in [7, 11) is -3.24. The summed E-state index contributed by atoms with van der Waals surface area (Å²) >= 11 is 0. The maximum Gasteiger partial charge on any atom is 0.279 e. The van der Waals surface area contributed by atoms with Crippen LogP contribution in [0.15, 0.2) is 0 Å². The van der Waals surface area contributed by atoms with Gasteiger partial charge in [-0.1, -0.05) is 25.7 Å². The summed E-state index contributed by atoms with van der Waals surface area (Å²) in [6.45, 7) is 3.89. The molecule has 1 aliphatic carbocycles. The van der Waals surface area contributed by atoms with E-state index >= 15 is 0 Å². The molecule has 124 valence electrons. The van der Waals surface area contributed by atoms with Crippen LogP contribution in [0.4, 0.5) is 0 Å². The zero-order chi connectivity index (χ0) is 15.0. The maximum atomic E-state index is 12.1. The van der Waals surface area contributed by atoms with Crippen LogP contribution >= 0.6 is 0 Å². The van der Waals surface area contributed by atoms with Gasteiger partial charge < -0.3 is 5.32 Å². The Balaban J connectivity index is 1.52. The van der Waals surface area contributed by atoms with Crippen LogP contribution in [0.1, 0.15) is 57.8 Å². The number of nitrogens with zero attached hydrogens (tertiary/aromatic N) is 1. The molecule has 21 heavy (non-hydrogen) atoms. The third kappa shape index (κ3) is 6.22. The van der Waals surface area contributed by atoms with Crippen molar-refractivity contribution in [3.8, 4) is 0 Å². The van der Waals surface area contributed by atoms with Crippen molar-refractivity contribution >= 4 is 10.2 Å². The monoisotopic (exact) mass is 317 g/mol. The van der Waals surface area contributed by atoms with Crippen molar-refractivity contribution in [2.75, 3.05) is 32.7 Å². The van der Waals surface area contributed by atoms with Gasteiger partial charge >= 0.3 is 0 Å². The molecule has 2 rings (SSSR count). The van der Waals surface area contributed by atoms with Crippen LogP contribution in [-0.4, -0.2) is 45.4 Å². The number of piperidine rings is 1. The fourth-order valence-electron chi connectivity index (χ4n) is 3.31. The van der Waals surface area contributed by atoms with Crippen LogP contribution < -0.4 is 10.0 Å². The summed E-state index contributed by atoms with van der Waals surface area (Å²) in [5.74, 6) is 0.837. The number of hydrogen-bond donors (Lipinski definition) is 2. The molecule has 0 bridgehead atoms. The average Bonchev–Trinajstić information content (AvgIpc) is 2.52. The van der Waals surface area contributed by atoms with Crippen LogP contribution in [0.5, 0.6) is 0 Å². The molecule has 0 radical (unpaired) electrons. The quantitative estimate of drug-likeness (QED) is 0.672. The van der Waals surface area contributed by atoms with Gasteiger partial charge in [0.15, 0.2) is 0 Å². The van der Waals surface area contributed by atoms with Crippen molar-refractivity contribution in [1.82, 2.24) is 14.3 Å².